The highest BCUT2D eigenvalue weighted by atomic mass is 16.7. The second kappa shape index (κ2) is 8.54. The van der Waals surface area contributed by atoms with Gasteiger partial charge < -0.3 is 19.7 Å². The van der Waals surface area contributed by atoms with Gasteiger partial charge in [-0.15, -0.1) is 0 Å². The van der Waals surface area contributed by atoms with Crippen LogP contribution in [0.25, 0.3) is 0 Å². The van der Waals surface area contributed by atoms with Gasteiger partial charge >= 0.3 is 0 Å². The molecule has 0 spiro atoms. The summed E-state index contributed by atoms with van der Waals surface area (Å²) in [6.45, 7) is 6.14. The Morgan fingerprint density at radius 2 is 1.86 bits per heavy atom. The number of hydrogen-bond donors (Lipinski definition) is 1. The molecule has 0 radical (unpaired) electrons. The van der Waals surface area contributed by atoms with E-state index in [1.165, 1.54) is 6.07 Å². The van der Waals surface area contributed by atoms with Gasteiger partial charge in [-0.3, -0.25) is 19.8 Å². The van der Waals surface area contributed by atoms with Gasteiger partial charge in [0.25, 0.3) is 5.69 Å². The molecule has 29 heavy (non-hydrogen) atoms. The van der Waals surface area contributed by atoms with Gasteiger partial charge in [0.15, 0.2) is 11.5 Å². The summed E-state index contributed by atoms with van der Waals surface area (Å²) in [5.41, 5.74) is 0.276. The van der Waals surface area contributed by atoms with Gasteiger partial charge in [0.2, 0.25) is 12.7 Å². The Bertz CT molecular complexity index is 772. The Hall–Kier alpha value is -2.39. The molecule has 0 aromatic heterocycles. The van der Waals surface area contributed by atoms with Gasteiger partial charge in [-0.05, 0) is 25.5 Å². The van der Waals surface area contributed by atoms with Crippen LogP contribution in [0.15, 0.2) is 12.1 Å². The maximum Gasteiger partial charge on any atom is 0.278 e. The number of nitro benzene ring substituents is 1. The lowest BCUT2D eigenvalue weighted by Crippen LogP contribution is -2.51. The van der Waals surface area contributed by atoms with Crippen molar-refractivity contribution in [1.82, 2.24) is 15.1 Å². The number of hydrogen-bond acceptors (Lipinski definition) is 7. The highest BCUT2D eigenvalue weighted by molar-refractivity contribution is 5.85. The first-order valence-electron chi connectivity index (χ1n) is 10.4. The second-order valence-electron chi connectivity index (χ2n) is 7.88. The summed E-state index contributed by atoms with van der Waals surface area (Å²) in [7, 11) is 0. The molecule has 158 valence electrons. The lowest BCUT2D eigenvalue weighted by molar-refractivity contribution is -0.386. The normalized spacial score (nSPS) is 21.3. The Labute approximate surface area is 170 Å². The molecule has 0 unspecified atom stereocenters. The van der Waals surface area contributed by atoms with Crippen molar-refractivity contribution in [1.29, 1.82) is 0 Å². The summed E-state index contributed by atoms with van der Waals surface area (Å²) >= 11 is 0. The first-order valence-corrected chi connectivity index (χ1v) is 10.4. The van der Waals surface area contributed by atoms with Crippen molar-refractivity contribution in [3.05, 3.63) is 27.8 Å². The molecule has 1 saturated carbocycles. The van der Waals surface area contributed by atoms with E-state index in [0.29, 0.717) is 30.2 Å². The van der Waals surface area contributed by atoms with E-state index in [1.807, 2.05) is 0 Å². The highest BCUT2D eigenvalue weighted by Crippen LogP contribution is 2.42. The van der Waals surface area contributed by atoms with E-state index < -0.39 is 11.0 Å². The SMILES string of the molecule is CCN1CCN([C@@H](C(=O)NC2CCCC2)c2cc3c(cc2[N+](=O)[O-])OCO3)CC1. The Morgan fingerprint density at radius 1 is 1.21 bits per heavy atom. The minimum Gasteiger partial charge on any atom is -0.454 e. The number of carbonyl (C=O) groups excluding carboxylic acids is 1. The van der Waals surface area contributed by atoms with Gasteiger partial charge in [-0.25, -0.2) is 0 Å². The lowest BCUT2D eigenvalue weighted by Gasteiger charge is -2.38. The van der Waals surface area contributed by atoms with Crippen LogP contribution < -0.4 is 14.8 Å². The number of nitrogens with zero attached hydrogens (tertiary/aromatic N) is 3. The number of ether oxygens (including phenoxy) is 2. The van der Waals surface area contributed by atoms with Crippen LogP contribution in [0, 0.1) is 10.1 Å². The molecule has 1 atom stereocenters. The van der Waals surface area contributed by atoms with E-state index in [2.05, 4.69) is 22.0 Å². The summed E-state index contributed by atoms with van der Waals surface area (Å²) in [5, 5.41) is 15.0. The standard InChI is InChI=1S/C20H28N4O5/c1-2-22-7-9-23(10-8-22)19(20(25)21-14-5-3-4-6-14)15-11-17-18(29-13-28-17)12-16(15)24(26)27/h11-12,14,19H,2-10,13H2,1H3,(H,21,25)/t19-/m1/s1. The topological polar surface area (TPSA) is 97.2 Å². The number of nitro groups is 1. The van der Waals surface area contributed by atoms with Gasteiger partial charge in [0, 0.05) is 32.2 Å². The third-order valence-electron chi connectivity index (χ3n) is 6.18. The number of amides is 1. The third kappa shape index (κ3) is 4.16. The molecule has 1 saturated heterocycles. The van der Waals surface area contributed by atoms with Crippen LogP contribution in [0.5, 0.6) is 11.5 Å². The van der Waals surface area contributed by atoms with Crippen molar-refractivity contribution in [2.45, 2.75) is 44.7 Å². The smallest absolute Gasteiger partial charge is 0.278 e. The maximum atomic E-state index is 13.4. The zero-order chi connectivity index (χ0) is 20.4. The monoisotopic (exact) mass is 404 g/mol. The quantitative estimate of drug-likeness (QED) is 0.572. The van der Waals surface area contributed by atoms with Crippen molar-refractivity contribution in [3.63, 3.8) is 0 Å². The van der Waals surface area contributed by atoms with Crippen molar-refractivity contribution in [2.24, 2.45) is 0 Å². The number of benzene rings is 1. The number of nitrogens with one attached hydrogen (secondary N) is 1. The molecule has 9 nitrogen and oxygen atoms in total. The molecular formula is C20H28N4O5. The number of likely N-dealkylation sites (N-methyl/N-ethyl adjacent to an activating group) is 1. The molecule has 1 aromatic carbocycles. The largest absolute Gasteiger partial charge is 0.454 e. The van der Waals surface area contributed by atoms with E-state index in [-0.39, 0.29) is 24.4 Å². The fourth-order valence-corrected chi connectivity index (χ4v) is 4.52. The molecule has 1 amide bonds. The van der Waals surface area contributed by atoms with Crippen LogP contribution in [0.1, 0.15) is 44.2 Å². The molecule has 9 heteroatoms. The summed E-state index contributed by atoms with van der Waals surface area (Å²) in [6.07, 6.45) is 4.14. The fourth-order valence-electron chi connectivity index (χ4n) is 4.52. The summed E-state index contributed by atoms with van der Waals surface area (Å²) in [5.74, 6) is 0.645. The fraction of sp³-hybridized carbons (Fsp3) is 0.650. The van der Waals surface area contributed by atoms with Crippen LogP contribution >= 0.6 is 0 Å². The molecule has 1 aromatic rings. The van der Waals surface area contributed by atoms with Crippen molar-refractivity contribution in [3.8, 4) is 11.5 Å². The van der Waals surface area contributed by atoms with Crippen molar-refractivity contribution >= 4 is 11.6 Å². The molecule has 4 rings (SSSR count). The molecule has 2 aliphatic heterocycles. The molecule has 2 heterocycles. The van der Waals surface area contributed by atoms with Crippen LogP contribution in [0.3, 0.4) is 0 Å². The van der Waals surface area contributed by atoms with Crippen LogP contribution in [-0.2, 0) is 4.79 Å². The van der Waals surface area contributed by atoms with Gasteiger partial charge in [0.05, 0.1) is 16.6 Å². The molecule has 3 aliphatic rings. The van der Waals surface area contributed by atoms with Crippen LogP contribution in [0.4, 0.5) is 5.69 Å². The van der Waals surface area contributed by atoms with Gasteiger partial charge in [-0.2, -0.15) is 0 Å². The Morgan fingerprint density at radius 3 is 2.48 bits per heavy atom. The van der Waals surface area contributed by atoms with Gasteiger partial charge in [-0.1, -0.05) is 19.8 Å². The average molecular weight is 404 g/mol. The first kappa shape index (κ1) is 19.9. The zero-order valence-electron chi connectivity index (χ0n) is 16.8. The summed E-state index contributed by atoms with van der Waals surface area (Å²) in [4.78, 5) is 29.1. The molecule has 0 bridgehead atoms. The van der Waals surface area contributed by atoms with E-state index in [0.717, 1.165) is 45.3 Å². The number of rotatable bonds is 6. The van der Waals surface area contributed by atoms with E-state index in [1.54, 1.807) is 6.07 Å². The average Bonchev–Trinajstić information content (AvgIpc) is 3.39. The van der Waals surface area contributed by atoms with Crippen LogP contribution in [-0.4, -0.2) is 66.2 Å². The maximum absolute atomic E-state index is 13.4. The van der Waals surface area contributed by atoms with E-state index in [4.69, 9.17) is 9.47 Å². The molecule has 1 aliphatic carbocycles. The third-order valence-corrected chi connectivity index (χ3v) is 6.18. The zero-order valence-corrected chi connectivity index (χ0v) is 16.8. The molecular weight excluding hydrogens is 376 g/mol. The molecule has 1 N–H and O–H groups in total. The Balaban J connectivity index is 1.68. The second-order valence-corrected chi connectivity index (χ2v) is 7.88. The predicted molar refractivity (Wildman–Crippen MR) is 106 cm³/mol. The molecule has 2 fully saturated rings. The minimum absolute atomic E-state index is 0.0318. The van der Waals surface area contributed by atoms with Crippen molar-refractivity contribution < 1.29 is 19.2 Å². The van der Waals surface area contributed by atoms with Crippen LogP contribution in [0.2, 0.25) is 0 Å². The van der Waals surface area contributed by atoms with E-state index in [9.17, 15) is 14.9 Å². The summed E-state index contributed by atoms with van der Waals surface area (Å²) in [6, 6.07) is 2.43. The predicted octanol–water partition coefficient (Wildman–Crippen LogP) is 2.06. The first-order chi connectivity index (χ1) is 14.1. The van der Waals surface area contributed by atoms with Gasteiger partial charge in [0.1, 0.15) is 6.04 Å². The number of fused-ring (bicyclic) bond motifs is 1. The van der Waals surface area contributed by atoms with E-state index >= 15 is 0 Å². The number of piperazine rings is 1. The highest BCUT2D eigenvalue weighted by Gasteiger charge is 2.37. The Kier molecular flexibility index (Phi) is 5.86. The van der Waals surface area contributed by atoms with Crippen molar-refractivity contribution in [2.75, 3.05) is 39.5 Å². The number of carbonyl (C=O) groups is 1. The summed E-state index contributed by atoms with van der Waals surface area (Å²) < 4.78 is 10.8. The lowest BCUT2D eigenvalue weighted by atomic mass is 9.99. The minimum atomic E-state index is -0.718.